The number of nitrogens with one attached hydrogen (secondary N) is 1. The second-order valence-corrected chi connectivity index (χ2v) is 12.1. The van der Waals surface area contributed by atoms with Gasteiger partial charge in [-0.05, 0) is 75.4 Å². The fraction of sp³-hybridized carbons (Fsp3) is 0.172. The smallest absolute Gasteiger partial charge is 0.318 e. The predicted molar refractivity (Wildman–Crippen MR) is 158 cm³/mol. The van der Waals surface area contributed by atoms with Crippen LogP contribution in [-0.4, -0.2) is 31.7 Å². The van der Waals surface area contributed by atoms with E-state index in [1.807, 2.05) is 24.5 Å². The zero-order valence-electron chi connectivity index (χ0n) is 22.6. The van der Waals surface area contributed by atoms with E-state index in [1.54, 1.807) is 37.3 Å². The minimum atomic E-state index is -4.72. The van der Waals surface area contributed by atoms with Gasteiger partial charge in [-0.2, -0.15) is 18.3 Å². The number of halogens is 5. The summed E-state index contributed by atoms with van der Waals surface area (Å²) >= 11 is 12.2. The molecule has 0 radical (unpaired) electrons. The largest absolute Gasteiger partial charge is 0.416 e. The average Bonchev–Trinajstić information content (AvgIpc) is 3.21. The van der Waals surface area contributed by atoms with Gasteiger partial charge >= 0.3 is 6.18 Å². The van der Waals surface area contributed by atoms with Crippen molar-refractivity contribution < 1.29 is 26.4 Å². The SMILES string of the molecule is Cc1ccc(S(=O)(=O)N(CC(=O)N/N=C\c2cc(C)n(-c3ccc(Cl)c(Cl)c3)c2C)c2cccc(C(F)(F)F)c2)cc1. The molecular formula is C29H25Cl2F3N4O3S. The minimum absolute atomic E-state index is 0.184. The van der Waals surface area contributed by atoms with Crippen molar-refractivity contribution in [1.82, 2.24) is 9.99 Å². The van der Waals surface area contributed by atoms with Crippen molar-refractivity contribution in [2.45, 2.75) is 31.8 Å². The van der Waals surface area contributed by atoms with E-state index in [4.69, 9.17) is 23.2 Å². The lowest BCUT2D eigenvalue weighted by molar-refractivity contribution is -0.137. The van der Waals surface area contributed by atoms with Crippen LogP contribution in [0.1, 0.15) is 28.1 Å². The molecule has 0 bridgehead atoms. The van der Waals surface area contributed by atoms with Crippen LogP contribution in [0, 0.1) is 20.8 Å². The number of hydrazone groups is 1. The molecule has 0 aliphatic carbocycles. The monoisotopic (exact) mass is 636 g/mol. The molecular weight excluding hydrogens is 612 g/mol. The first-order valence-electron chi connectivity index (χ1n) is 12.4. The van der Waals surface area contributed by atoms with Gasteiger partial charge in [-0.3, -0.25) is 9.10 Å². The summed E-state index contributed by atoms with van der Waals surface area (Å²) in [6.45, 7) is 4.64. The van der Waals surface area contributed by atoms with Crippen LogP contribution >= 0.6 is 23.2 Å². The molecule has 0 fully saturated rings. The standard InChI is InChI=1S/C29H25Cl2F3N4O3S/c1-18-7-10-25(11-8-18)42(40,41)37(23-6-4-5-22(14-23)29(32,33)34)17-28(39)36-35-16-21-13-19(2)38(20(21)3)24-9-12-26(30)27(31)15-24/h4-16H,17H2,1-3H3,(H,36,39)/b35-16-. The van der Waals surface area contributed by atoms with E-state index < -0.39 is 34.2 Å². The molecule has 4 rings (SSSR count). The van der Waals surface area contributed by atoms with E-state index >= 15 is 0 Å². The van der Waals surface area contributed by atoms with Gasteiger partial charge in [-0.1, -0.05) is 47.0 Å². The maximum Gasteiger partial charge on any atom is 0.416 e. The molecule has 1 amide bonds. The van der Waals surface area contributed by atoms with Crippen molar-refractivity contribution >= 4 is 51.0 Å². The number of carbonyl (C=O) groups excluding carboxylic acids is 1. The quantitative estimate of drug-likeness (QED) is 0.166. The Morgan fingerprint density at radius 2 is 1.67 bits per heavy atom. The molecule has 3 aromatic carbocycles. The molecule has 0 aliphatic heterocycles. The van der Waals surface area contributed by atoms with E-state index in [0.717, 1.165) is 34.8 Å². The van der Waals surface area contributed by atoms with Gasteiger partial charge in [0.2, 0.25) is 0 Å². The first-order chi connectivity index (χ1) is 19.7. The Bertz CT molecular complexity index is 1770. The van der Waals surface area contributed by atoms with Crippen LogP contribution in [0.25, 0.3) is 5.69 Å². The Kier molecular flexibility index (Phi) is 9.05. The normalized spacial score (nSPS) is 12.1. The van der Waals surface area contributed by atoms with Gasteiger partial charge in [0, 0.05) is 22.6 Å². The molecule has 0 spiro atoms. The second kappa shape index (κ2) is 12.2. The topological polar surface area (TPSA) is 83.8 Å². The Morgan fingerprint density at radius 1 is 0.976 bits per heavy atom. The molecule has 13 heteroatoms. The fourth-order valence-electron chi connectivity index (χ4n) is 4.27. The van der Waals surface area contributed by atoms with E-state index in [0.29, 0.717) is 26.0 Å². The van der Waals surface area contributed by atoms with Gasteiger partial charge in [0.15, 0.2) is 0 Å². The number of sulfonamides is 1. The lowest BCUT2D eigenvalue weighted by Gasteiger charge is -2.24. The highest BCUT2D eigenvalue weighted by Crippen LogP contribution is 2.33. The predicted octanol–water partition coefficient (Wildman–Crippen LogP) is 7.07. The summed E-state index contributed by atoms with van der Waals surface area (Å²) in [7, 11) is -4.42. The Balaban J connectivity index is 1.60. The van der Waals surface area contributed by atoms with Crippen LogP contribution in [0.4, 0.5) is 18.9 Å². The molecule has 1 N–H and O–H groups in total. The van der Waals surface area contributed by atoms with Crippen LogP contribution < -0.4 is 9.73 Å². The number of aromatic nitrogens is 1. The highest BCUT2D eigenvalue weighted by atomic mass is 35.5. The van der Waals surface area contributed by atoms with E-state index in [1.165, 1.54) is 24.4 Å². The minimum Gasteiger partial charge on any atom is -0.318 e. The lowest BCUT2D eigenvalue weighted by atomic mass is 10.2. The number of rotatable bonds is 8. The highest BCUT2D eigenvalue weighted by Gasteiger charge is 2.33. The zero-order chi connectivity index (χ0) is 30.8. The first kappa shape index (κ1) is 31.1. The van der Waals surface area contributed by atoms with Crippen molar-refractivity contribution in [2.75, 3.05) is 10.8 Å². The highest BCUT2D eigenvalue weighted by molar-refractivity contribution is 7.92. The number of aryl methyl sites for hydroxylation is 2. The van der Waals surface area contributed by atoms with Crippen molar-refractivity contribution in [1.29, 1.82) is 0 Å². The van der Waals surface area contributed by atoms with Crippen LogP contribution in [-0.2, 0) is 21.0 Å². The molecule has 42 heavy (non-hydrogen) atoms. The van der Waals surface area contributed by atoms with Crippen LogP contribution in [0.15, 0.2) is 82.8 Å². The maximum atomic E-state index is 13.5. The second-order valence-electron chi connectivity index (χ2n) is 9.43. The summed E-state index contributed by atoms with van der Waals surface area (Å²) in [5, 5.41) is 4.76. The summed E-state index contributed by atoms with van der Waals surface area (Å²) in [6, 6.07) is 16.5. The van der Waals surface area contributed by atoms with Gasteiger partial charge < -0.3 is 4.57 Å². The third kappa shape index (κ3) is 6.80. The van der Waals surface area contributed by atoms with Gasteiger partial charge in [0.05, 0.1) is 32.4 Å². The van der Waals surface area contributed by atoms with E-state index in [9.17, 15) is 26.4 Å². The van der Waals surface area contributed by atoms with Crippen LogP contribution in [0.3, 0.4) is 0 Å². The molecule has 0 atom stereocenters. The van der Waals surface area contributed by atoms with Gasteiger partial charge in [-0.25, -0.2) is 13.8 Å². The number of alkyl halides is 3. The third-order valence-electron chi connectivity index (χ3n) is 6.38. The summed E-state index contributed by atoms with van der Waals surface area (Å²) < 4.78 is 69.8. The van der Waals surface area contributed by atoms with Crippen LogP contribution in [0.2, 0.25) is 10.0 Å². The number of hydrogen-bond donors (Lipinski definition) is 1. The van der Waals surface area contributed by atoms with Crippen LogP contribution in [0.5, 0.6) is 0 Å². The Morgan fingerprint density at radius 3 is 2.31 bits per heavy atom. The summed E-state index contributed by atoms with van der Waals surface area (Å²) in [5.41, 5.74) is 4.72. The summed E-state index contributed by atoms with van der Waals surface area (Å²) in [4.78, 5) is 12.7. The fourth-order valence-corrected chi connectivity index (χ4v) is 5.97. The Labute approximate surface area is 251 Å². The summed E-state index contributed by atoms with van der Waals surface area (Å²) in [6.07, 6.45) is -3.33. The number of nitrogens with zero attached hydrogens (tertiary/aromatic N) is 3. The third-order valence-corrected chi connectivity index (χ3v) is 8.91. The number of benzene rings is 3. The van der Waals surface area contributed by atoms with Gasteiger partial charge in [-0.15, -0.1) is 0 Å². The zero-order valence-corrected chi connectivity index (χ0v) is 24.9. The molecule has 0 unspecified atom stereocenters. The maximum absolute atomic E-state index is 13.5. The molecule has 4 aromatic rings. The number of carbonyl (C=O) groups is 1. The van der Waals surface area contributed by atoms with Crippen molar-refractivity contribution in [3.8, 4) is 5.69 Å². The molecule has 1 heterocycles. The van der Waals surface area contributed by atoms with Crippen molar-refractivity contribution in [3.05, 3.63) is 111 Å². The molecule has 0 saturated carbocycles. The van der Waals surface area contributed by atoms with Gasteiger partial charge in [0.25, 0.3) is 15.9 Å². The summed E-state index contributed by atoms with van der Waals surface area (Å²) in [5.74, 6) is -0.863. The number of hydrogen-bond acceptors (Lipinski definition) is 4. The van der Waals surface area contributed by atoms with Crippen molar-refractivity contribution in [3.63, 3.8) is 0 Å². The Hall–Kier alpha value is -3.80. The first-order valence-corrected chi connectivity index (χ1v) is 14.6. The molecule has 7 nitrogen and oxygen atoms in total. The van der Waals surface area contributed by atoms with E-state index in [2.05, 4.69) is 10.5 Å². The lowest BCUT2D eigenvalue weighted by Crippen LogP contribution is -2.39. The number of anilines is 1. The van der Waals surface area contributed by atoms with Crippen molar-refractivity contribution in [2.24, 2.45) is 5.10 Å². The molecule has 0 saturated heterocycles. The molecule has 1 aromatic heterocycles. The molecule has 0 aliphatic rings. The average molecular weight is 638 g/mol. The molecule has 220 valence electrons. The number of amides is 1. The van der Waals surface area contributed by atoms with E-state index in [-0.39, 0.29) is 10.6 Å². The van der Waals surface area contributed by atoms with Gasteiger partial charge in [0.1, 0.15) is 6.54 Å².